The van der Waals surface area contributed by atoms with Crippen LogP contribution in [-0.4, -0.2) is 30.2 Å². The van der Waals surface area contributed by atoms with Crippen LogP contribution in [0.5, 0.6) is 0 Å². The van der Waals surface area contributed by atoms with E-state index < -0.39 is 0 Å². The molecule has 0 fully saturated rings. The fourth-order valence-corrected chi connectivity index (χ4v) is 3.02. The number of halogens is 1. The summed E-state index contributed by atoms with van der Waals surface area (Å²) >= 11 is 7.48. The molecule has 100 valence electrons. The minimum Gasteiger partial charge on any atom is -0.307 e. The number of hydrogen-bond acceptors (Lipinski definition) is 4. The molecule has 5 nitrogen and oxygen atoms in total. The lowest BCUT2D eigenvalue weighted by Crippen LogP contribution is -2.09. The van der Waals surface area contributed by atoms with Gasteiger partial charge in [-0.05, 0) is 6.92 Å². The van der Waals surface area contributed by atoms with E-state index in [9.17, 15) is 0 Å². The predicted octanol–water partition coefficient (Wildman–Crippen LogP) is 2.36. The summed E-state index contributed by atoms with van der Waals surface area (Å²) in [5.41, 5.74) is 5.83. The number of aromatic nitrogens is 5. The second-order valence-electron chi connectivity index (χ2n) is 4.41. The summed E-state index contributed by atoms with van der Waals surface area (Å²) in [6.45, 7) is 2.69. The molecule has 0 radical (unpaired) electrons. The van der Waals surface area contributed by atoms with Gasteiger partial charge in [0, 0.05) is 24.7 Å². The lowest BCUT2D eigenvalue weighted by Gasteiger charge is -2.07. The summed E-state index contributed by atoms with van der Waals surface area (Å²) in [4.78, 5) is 9.02. The Kier molecular flexibility index (Phi) is 3.28. The average molecular weight is 296 g/mol. The first-order chi connectivity index (χ1) is 9.20. The van der Waals surface area contributed by atoms with Crippen molar-refractivity contribution in [2.45, 2.75) is 19.9 Å². The first-order valence-electron chi connectivity index (χ1n) is 6.02. The maximum atomic E-state index is 5.87. The zero-order chi connectivity index (χ0) is 13.4. The van der Waals surface area contributed by atoms with Crippen LogP contribution in [0.25, 0.3) is 11.2 Å². The number of aryl methyl sites for hydroxylation is 3. The van der Waals surface area contributed by atoms with Gasteiger partial charge in [-0.1, -0.05) is 0 Å². The number of alkyl halides is 1. The van der Waals surface area contributed by atoms with Crippen LogP contribution in [0.4, 0.5) is 0 Å². The van der Waals surface area contributed by atoms with Gasteiger partial charge in [0.1, 0.15) is 11.3 Å². The zero-order valence-electron chi connectivity index (χ0n) is 10.8. The Morgan fingerprint density at radius 2 is 2.26 bits per heavy atom. The molecule has 3 rings (SSSR count). The topological polar surface area (TPSA) is 48.5 Å². The Labute approximate surface area is 119 Å². The van der Waals surface area contributed by atoms with Crippen molar-refractivity contribution in [1.82, 2.24) is 24.3 Å². The summed E-state index contributed by atoms with van der Waals surface area (Å²) in [6, 6.07) is 0. The molecule has 0 saturated carbocycles. The smallest absolute Gasteiger partial charge is 0.159 e. The Bertz CT molecular complexity index is 697. The van der Waals surface area contributed by atoms with Gasteiger partial charge in [-0.3, -0.25) is 4.68 Å². The molecule has 0 saturated heterocycles. The van der Waals surface area contributed by atoms with Gasteiger partial charge < -0.3 is 4.57 Å². The van der Waals surface area contributed by atoms with E-state index in [0.717, 1.165) is 34.8 Å². The van der Waals surface area contributed by atoms with E-state index in [-0.39, 0.29) is 0 Å². The largest absolute Gasteiger partial charge is 0.307 e. The Balaban J connectivity index is 2.15. The van der Waals surface area contributed by atoms with Crippen LogP contribution in [-0.2, 0) is 20.0 Å². The molecule has 7 heteroatoms. The lowest BCUT2D eigenvalue weighted by atomic mass is 10.4. The normalized spacial score (nSPS) is 11.5. The molecule has 0 atom stereocenters. The molecule has 0 aliphatic rings. The minimum absolute atomic E-state index is 0.562. The molecule has 0 amide bonds. The number of nitrogens with zero attached hydrogens (tertiary/aromatic N) is 5. The molecular formula is C12H14ClN5S. The number of fused-ring (bicyclic) bond motifs is 1. The number of imidazole rings is 1. The highest BCUT2D eigenvalue weighted by molar-refractivity contribution is 7.07. The molecule has 0 spiro atoms. The SMILES string of the molecule is Cc1nn(C)c2c1nc(CCCl)n2Cc1cscn1. The van der Waals surface area contributed by atoms with E-state index in [1.54, 1.807) is 11.3 Å². The highest BCUT2D eigenvalue weighted by Crippen LogP contribution is 2.21. The second-order valence-corrected chi connectivity index (χ2v) is 5.51. The third-order valence-electron chi connectivity index (χ3n) is 3.09. The molecule has 0 unspecified atom stereocenters. The molecule has 3 aromatic heterocycles. The van der Waals surface area contributed by atoms with E-state index in [1.165, 1.54) is 0 Å². The highest BCUT2D eigenvalue weighted by atomic mass is 35.5. The quantitative estimate of drug-likeness (QED) is 0.694. The van der Waals surface area contributed by atoms with Crippen LogP contribution in [0.3, 0.4) is 0 Å². The first kappa shape index (κ1) is 12.6. The molecule has 0 aliphatic carbocycles. The Morgan fingerprint density at radius 3 is 2.95 bits per heavy atom. The summed E-state index contributed by atoms with van der Waals surface area (Å²) in [7, 11) is 1.94. The summed E-state index contributed by atoms with van der Waals surface area (Å²) in [6.07, 6.45) is 0.750. The number of thiazole rings is 1. The van der Waals surface area contributed by atoms with Crippen molar-refractivity contribution in [2.24, 2.45) is 7.05 Å². The van der Waals surface area contributed by atoms with Gasteiger partial charge in [-0.25, -0.2) is 9.97 Å². The maximum Gasteiger partial charge on any atom is 0.159 e. The predicted molar refractivity (Wildman–Crippen MR) is 76.9 cm³/mol. The molecule has 19 heavy (non-hydrogen) atoms. The molecule has 0 N–H and O–H groups in total. The maximum absolute atomic E-state index is 5.87. The van der Waals surface area contributed by atoms with Crippen molar-refractivity contribution >= 4 is 34.1 Å². The third-order valence-corrected chi connectivity index (χ3v) is 3.92. The van der Waals surface area contributed by atoms with Gasteiger partial charge in [0.05, 0.1) is 23.4 Å². The lowest BCUT2D eigenvalue weighted by molar-refractivity contribution is 0.685. The molecular weight excluding hydrogens is 282 g/mol. The van der Waals surface area contributed by atoms with Crippen molar-refractivity contribution in [1.29, 1.82) is 0 Å². The van der Waals surface area contributed by atoms with Crippen LogP contribution in [0.15, 0.2) is 10.9 Å². The van der Waals surface area contributed by atoms with Crippen LogP contribution in [0.2, 0.25) is 0 Å². The Hall–Kier alpha value is -1.40. The van der Waals surface area contributed by atoms with Crippen molar-refractivity contribution in [3.63, 3.8) is 0 Å². The Morgan fingerprint density at radius 1 is 1.42 bits per heavy atom. The third kappa shape index (κ3) is 2.15. The summed E-state index contributed by atoms with van der Waals surface area (Å²) in [5, 5.41) is 6.48. The van der Waals surface area contributed by atoms with Crippen LogP contribution >= 0.6 is 22.9 Å². The number of hydrogen-bond donors (Lipinski definition) is 0. The van der Waals surface area contributed by atoms with Crippen LogP contribution in [0, 0.1) is 6.92 Å². The first-order valence-corrected chi connectivity index (χ1v) is 7.50. The van der Waals surface area contributed by atoms with Gasteiger partial charge in [0.25, 0.3) is 0 Å². The average Bonchev–Trinajstić information content (AvgIpc) is 3.04. The monoisotopic (exact) mass is 295 g/mol. The van der Waals surface area contributed by atoms with Gasteiger partial charge in [0.2, 0.25) is 0 Å². The van der Waals surface area contributed by atoms with E-state index in [4.69, 9.17) is 11.6 Å². The van der Waals surface area contributed by atoms with E-state index in [0.29, 0.717) is 12.4 Å². The summed E-state index contributed by atoms with van der Waals surface area (Å²) < 4.78 is 4.04. The molecule has 0 aromatic carbocycles. The van der Waals surface area contributed by atoms with E-state index in [1.807, 2.05) is 24.2 Å². The molecule has 3 heterocycles. The van der Waals surface area contributed by atoms with Crippen molar-refractivity contribution in [3.8, 4) is 0 Å². The fourth-order valence-electron chi connectivity index (χ4n) is 2.30. The van der Waals surface area contributed by atoms with Gasteiger partial charge in [-0.2, -0.15) is 5.10 Å². The molecule has 0 aliphatic heterocycles. The standard InChI is InChI=1S/C12H14ClN5S/c1-8-11-12(17(2)16-8)18(10(15-11)3-4-13)5-9-6-19-7-14-9/h6-7H,3-5H2,1-2H3. The minimum atomic E-state index is 0.562. The zero-order valence-corrected chi connectivity index (χ0v) is 12.4. The molecule has 0 bridgehead atoms. The molecule has 3 aromatic rings. The van der Waals surface area contributed by atoms with Gasteiger partial charge in [0.15, 0.2) is 5.65 Å². The van der Waals surface area contributed by atoms with Gasteiger partial charge in [-0.15, -0.1) is 22.9 Å². The van der Waals surface area contributed by atoms with E-state index in [2.05, 4.69) is 25.0 Å². The summed E-state index contributed by atoms with van der Waals surface area (Å²) in [5.74, 6) is 1.56. The van der Waals surface area contributed by atoms with Crippen LogP contribution < -0.4 is 0 Å². The van der Waals surface area contributed by atoms with E-state index >= 15 is 0 Å². The number of rotatable bonds is 4. The van der Waals surface area contributed by atoms with Crippen molar-refractivity contribution in [3.05, 3.63) is 28.1 Å². The van der Waals surface area contributed by atoms with Crippen molar-refractivity contribution < 1.29 is 0 Å². The van der Waals surface area contributed by atoms with Gasteiger partial charge >= 0.3 is 0 Å². The second kappa shape index (κ2) is 4.94. The highest BCUT2D eigenvalue weighted by Gasteiger charge is 2.17. The van der Waals surface area contributed by atoms with Crippen molar-refractivity contribution in [2.75, 3.05) is 5.88 Å². The fraction of sp³-hybridized carbons (Fsp3) is 0.417. The van der Waals surface area contributed by atoms with Crippen LogP contribution in [0.1, 0.15) is 17.2 Å².